The third kappa shape index (κ3) is 8.16. The van der Waals surface area contributed by atoms with Gasteiger partial charge in [-0.05, 0) is 102 Å². The molecule has 1 atom stereocenters. The number of anilines is 2. The lowest BCUT2D eigenvalue weighted by Gasteiger charge is -2.35. The molecular weight excluding hydrogens is 720 g/mol. The van der Waals surface area contributed by atoms with E-state index in [4.69, 9.17) is 0 Å². The Morgan fingerprint density at radius 1 is 0.839 bits per heavy atom. The van der Waals surface area contributed by atoms with Gasteiger partial charge in [0.15, 0.2) is 0 Å². The van der Waals surface area contributed by atoms with E-state index in [-0.39, 0.29) is 23.1 Å². The Bertz CT molecular complexity index is 2330. The Morgan fingerprint density at radius 2 is 1.61 bits per heavy atom. The molecule has 0 spiro atoms. The number of rotatable bonds is 9. The average Bonchev–Trinajstić information content (AvgIpc) is 3.18. The van der Waals surface area contributed by atoms with Crippen LogP contribution in [-0.4, -0.2) is 53.3 Å². The van der Waals surface area contributed by atoms with E-state index in [1.807, 2.05) is 24.3 Å². The molecule has 12 heteroatoms. The molecule has 2 saturated heterocycles. The quantitative estimate of drug-likeness (QED) is 0.152. The van der Waals surface area contributed by atoms with Crippen LogP contribution in [0.25, 0.3) is 21.9 Å². The van der Waals surface area contributed by atoms with E-state index in [0.717, 1.165) is 56.7 Å². The number of nitrogens with zero attached hydrogens (tertiary/aromatic N) is 3. The maximum Gasteiger partial charge on any atom is 0.573 e. The number of hydrogen-bond acceptors (Lipinski definition) is 7. The SMILES string of the molecule is Cn1cc(-c2ccc(CN3CCc4c(CC5CCN(c6ccc(NC7CCC(=O)NC7=O)cc6)CC5)cccc4C3)c(OC(F)(F)F)c2)c2ccccc2c1=O. The Kier molecular flexibility index (Phi) is 10.3. The van der Waals surface area contributed by atoms with Crippen molar-refractivity contribution in [3.05, 3.63) is 124 Å². The fourth-order valence-electron chi connectivity index (χ4n) is 8.54. The zero-order valence-corrected chi connectivity index (χ0v) is 31.2. The van der Waals surface area contributed by atoms with Gasteiger partial charge < -0.3 is 19.5 Å². The summed E-state index contributed by atoms with van der Waals surface area (Å²) in [7, 11) is 1.64. The van der Waals surface area contributed by atoms with Crippen molar-refractivity contribution < 1.29 is 27.5 Å². The highest BCUT2D eigenvalue weighted by molar-refractivity contribution is 6.01. The van der Waals surface area contributed by atoms with E-state index in [9.17, 15) is 27.6 Å². The van der Waals surface area contributed by atoms with Gasteiger partial charge in [0.2, 0.25) is 11.8 Å². The Labute approximate surface area is 323 Å². The summed E-state index contributed by atoms with van der Waals surface area (Å²) in [5.41, 5.74) is 7.40. The van der Waals surface area contributed by atoms with Gasteiger partial charge in [0.05, 0.1) is 0 Å². The molecule has 5 aromatic rings. The van der Waals surface area contributed by atoms with Gasteiger partial charge in [-0.25, -0.2) is 0 Å². The Morgan fingerprint density at radius 3 is 2.36 bits per heavy atom. The molecule has 2 amide bonds. The smallest absolute Gasteiger partial charge is 0.405 e. The van der Waals surface area contributed by atoms with Crippen molar-refractivity contribution in [3.8, 4) is 16.9 Å². The van der Waals surface area contributed by atoms with Crippen molar-refractivity contribution in [1.82, 2.24) is 14.8 Å². The zero-order chi connectivity index (χ0) is 39.0. The number of amides is 2. The molecular formula is C44H44F3N5O4. The van der Waals surface area contributed by atoms with E-state index in [2.05, 4.69) is 55.5 Å². The number of ether oxygens (including phenoxy) is 1. The largest absolute Gasteiger partial charge is 0.573 e. The first-order valence-electron chi connectivity index (χ1n) is 19.2. The fraction of sp³-hybridized carbons (Fsp3) is 0.341. The number of hydrogen-bond donors (Lipinski definition) is 2. The first-order chi connectivity index (χ1) is 27.0. The van der Waals surface area contributed by atoms with Gasteiger partial charge >= 0.3 is 6.36 Å². The summed E-state index contributed by atoms with van der Waals surface area (Å²) in [6, 6.07) is 26.2. The van der Waals surface area contributed by atoms with E-state index >= 15 is 0 Å². The van der Waals surface area contributed by atoms with E-state index in [0.29, 0.717) is 59.3 Å². The number of carbonyl (C=O) groups excluding carboxylic acids is 2. The minimum Gasteiger partial charge on any atom is -0.405 e. The minimum atomic E-state index is -4.86. The number of piperidine rings is 2. The Hall–Kier alpha value is -5.62. The maximum absolute atomic E-state index is 13.7. The fourth-order valence-corrected chi connectivity index (χ4v) is 8.54. The molecule has 3 aliphatic heterocycles. The predicted molar refractivity (Wildman–Crippen MR) is 210 cm³/mol. The molecule has 1 unspecified atom stereocenters. The number of aryl methyl sites for hydroxylation is 1. The Balaban J connectivity index is 0.907. The number of benzene rings is 4. The van der Waals surface area contributed by atoms with E-state index in [1.54, 1.807) is 37.5 Å². The summed E-state index contributed by atoms with van der Waals surface area (Å²) in [5, 5.41) is 6.79. The number of carbonyl (C=O) groups is 2. The molecule has 1 aromatic heterocycles. The summed E-state index contributed by atoms with van der Waals surface area (Å²) in [6.07, 6.45) is 1.57. The summed E-state index contributed by atoms with van der Waals surface area (Å²) >= 11 is 0. The van der Waals surface area contributed by atoms with Crippen molar-refractivity contribution in [3.63, 3.8) is 0 Å². The average molecular weight is 764 g/mol. The van der Waals surface area contributed by atoms with Gasteiger partial charge in [0, 0.05) is 80.3 Å². The number of nitrogens with one attached hydrogen (secondary N) is 2. The molecule has 3 aliphatic rings. The normalized spacial score (nSPS) is 18.1. The number of fused-ring (bicyclic) bond motifs is 2. The van der Waals surface area contributed by atoms with Gasteiger partial charge in [-0.15, -0.1) is 13.2 Å². The monoisotopic (exact) mass is 763 g/mol. The second kappa shape index (κ2) is 15.5. The predicted octanol–water partition coefficient (Wildman–Crippen LogP) is 7.34. The molecule has 4 aromatic carbocycles. The molecule has 0 saturated carbocycles. The lowest BCUT2D eigenvalue weighted by molar-refractivity contribution is -0.275. The summed E-state index contributed by atoms with van der Waals surface area (Å²) in [5.74, 6) is -0.198. The lowest BCUT2D eigenvalue weighted by atomic mass is 9.85. The van der Waals surface area contributed by atoms with Crippen molar-refractivity contribution in [2.45, 2.75) is 64.0 Å². The molecule has 2 fully saturated rings. The van der Waals surface area contributed by atoms with E-state index in [1.165, 1.54) is 27.3 Å². The van der Waals surface area contributed by atoms with Gasteiger partial charge in [-0.2, -0.15) is 0 Å². The van der Waals surface area contributed by atoms with Crippen LogP contribution in [0.2, 0.25) is 0 Å². The molecule has 0 aliphatic carbocycles. The van der Waals surface area contributed by atoms with Crippen LogP contribution < -0.4 is 25.8 Å². The van der Waals surface area contributed by atoms with Crippen LogP contribution in [0.1, 0.15) is 47.9 Å². The van der Waals surface area contributed by atoms with Gasteiger partial charge in [-0.1, -0.05) is 48.5 Å². The third-order valence-electron chi connectivity index (χ3n) is 11.5. The van der Waals surface area contributed by atoms with Gasteiger partial charge in [0.1, 0.15) is 11.8 Å². The van der Waals surface area contributed by atoms with Crippen LogP contribution in [-0.2, 0) is 42.6 Å². The van der Waals surface area contributed by atoms with Crippen LogP contribution in [0.3, 0.4) is 0 Å². The highest BCUT2D eigenvalue weighted by Crippen LogP contribution is 2.36. The van der Waals surface area contributed by atoms with Gasteiger partial charge in [0.25, 0.3) is 5.56 Å². The number of imide groups is 1. The third-order valence-corrected chi connectivity index (χ3v) is 11.5. The van der Waals surface area contributed by atoms with E-state index < -0.39 is 12.4 Å². The molecule has 0 bridgehead atoms. The first-order valence-corrected chi connectivity index (χ1v) is 19.2. The van der Waals surface area contributed by atoms with Crippen molar-refractivity contribution in [2.75, 3.05) is 29.9 Å². The van der Waals surface area contributed by atoms with Crippen LogP contribution in [0.4, 0.5) is 24.5 Å². The second-order valence-corrected chi connectivity index (χ2v) is 15.2. The minimum absolute atomic E-state index is 0.172. The molecule has 9 nitrogen and oxygen atoms in total. The summed E-state index contributed by atoms with van der Waals surface area (Å²) < 4.78 is 47.3. The summed E-state index contributed by atoms with van der Waals surface area (Å²) in [6.45, 7) is 3.56. The topological polar surface area (TPSA) is 95.9 Å². The summed E-state index contributed by atoms with van der Waals surface area (Å²) in [4.78, 5) is 40.9. The van der Waals surface area contributed by atoms with Crippen LogP contribution in [0, 0.1) is 5.92 Å². The number of aromatic nitrogens is 1. The second-order valence-electron chi connectivity index (χ2n) is 15.2. The van der Waals surface area contributed by atoms with Crippen molar-refractivity contribution >= 4 is 34.0 Å². The molecule has 8 rings (SSSR count). The van der Waals surface area contributed by atoms with Gasteiger partial charge in [-0.3, -0.25) is 24.6 Å². The van der Waals surface area contributed by atoms with Crippen molar-refractivity contribution in [1.29, 1.82) is 0 Å². The molecule has 56 heavy (non-hydrogen) atoms. The first kappa shape index (κ1) is 37.3. The van der Waals surface area contributed by atoms with Crippen LogP contribution >= 0.6 is 0 Å². The van der Waals surface area contributed by atoms with Crippen molar-refractivity contribution in [2.24, 2.45) is 13.0 Å². The lowest BCUT2D eigenvalue weighted by Crippen LogP contribution is -2.47. The number of pyridine rings is 1. The highest BCUT2D eigenvalue weighted by atomic mass is 19.4. The molecule has 2 N–H and O–H groups in total. The standard InChI is InChI=1S/C44H44F3N5O4/c1-50-27-38(36-7-2-3-8-37(36)43(50)55)30-9-10-32(40(24-30)56-44(45,46)47)26-51-20-19-35-29(5-4-6-31(35)25-51)23-28-17-21-52(22-18-28)34-13-11-33(12-14-34)48-39-15-16-41(53)49-42(39)54/h2-14,24,27-28,39,48H,15-23,25-26H2,1H3,(H,49,53,54). The highest BCUT2D eigenvalue weighted by Gasteiger charge is 2.33. The maximum atomic E-state index is 13.7. The molecule has 4 heterocycles. The molecule has 290 valence electrons. The van der Waals surface area contributed by atoms with Crippen LogP contribution in [0.15, 0.2) is 95.9 Å². The van der Waals surface area contributed by atoms with Crippen LogP contribution in [0.5, 0.6) is 5.75 Å². The number of halogens is 3. The zero-order valence-electron chi connectivity index (χ0n) is 31.2. The molecule has 0 radical (unpaired) electrons. The number of alkyl halides is 3.